The Morgan fingerprint density at radius 3 is 2.61 bits per heavy atom. The van der Waals surface area contributed by atoms with Gasteiger partial charge in [0, 0.05) is 28.0 Å². The zero-order chi connectivity index (χ0) is 13.0. The summed E-state index contributed by atoms with van der Waals surface area (Å²) in [5, 5.41) is 6.83. The third kappa shape index (κ3) is 3.64. The molecule has 0 aliphatic rings. The van der Waals surface area contributed by atoms with E-state index in [-0.39, 0.29) is 0 Å². The van der Waals surface area contributed by atoms with E-state index in [2.05, 4.69) is 62.8 Å². The van der Waals surface area contributed by atoms with Gasteiger partial charge in [-0.05, 0) is 31.2 Å². The molecule has 1 N–H and O–H groups in total. The van der Waals surface area contributed by atoms with Crippen molar-refractivity contribution >= 4 is 27.3 Å². The van der Waals surface area contributed by atoms with Crippen molar-refractivity contribution in [1.82, 2.24) is 10.3 Å². The minimum Gasteiger partial charge on any atom is -0.310 e. The molecule has 0 spiro atoms. The van der Waals surface area contributed by atoms with Crippen molar-refractivity contribution in [2.75, 3.05) is 6.54 Å². The van der Waals surface area contributed by atoms with E-state index in [1.165, 1.54) is 10.6 Å². The lowest BCUT2D eigenvalue weighted by Gasteiger charge is -2.17. The Hall–Kier alpha value is -0.710. The van der Waals surface area contributed by atoms with E-state index in [1.807, 2.05) is 6.92 Å². The Bertz CT molecular complexity index is 493. The highest BCUT2D eigenvalue weighted by atomic mass is 79.9. The number of thiazole rings is 1. The van der Waals surface area contributed by atoms with Gasteiger partial charge in [-0.25, -0.2) is 4.98 Å². The van der Waals surface area contributed by atoms with Crippen LogP contribution in [0.1, 0.15) is 29.2 Å². The second kappa shape index (κ2) is 6.45. The first kappa shape index (κ1) is 13.7. The fraction of sp³-hybridized carbons (Fsp3) is 0.357. The highest BCUT2D eigenvalue weighted by Gasteiger charge is 2.12. The quantitative estimate of drug-likeness (QED) is 0.895. The lowest BCUT2D eigenvalue weighted by atomic mass is 10.0. The van der Waals surface area contributed by atoms with E-state index < -0.39 is 0 Å². The third-order valence-electron chi connectivity index (χ3n) is 2.77. The number of likely N-dealkylation sites (N-methyl/N-ethyl adjacent to an activating group) is 1. The number of rotatable bonds is 5. The Labute approximate surface area is 121 Å². The molecule has 1 heterocycles. The Kier molecular flexibility index (Phi) is 4.92. The van der Waals surface area contributed by atoms with Gasteiger partial charge in [0.05, 0.1) is 5.01 Å². The summed E-state index contributed by atoms with van der Waals surface area (Å²) >= 11 is 5.21. The van der Waals surface area contributed by atoms with E-state index in [9.17, 15) is 0 Å². The number of nitrogens with one attached hydrogen (secondary N) is 1. The normalized spacial score (nSPS) is 12.6. The summed E-state index contributed by atoms with van der Waals surface area (Å²) in [4.78, 5) is 4.55. The maximum atomic E-state index is 4.55. The first-order chi connectivity index (χ1) is 8.69. The molecule has 4 heteroatoms. The van der Waals surface area contributed by atoms with E-state index in [4.69, 9.17) is 0 Å². The predicted octanol–water partition coefficient (Wildman–Crippen LogP) is 4.11. The van der Waals surface area contributed by atoms with Crippen molar-refractivity contribution in [2.24, 2.45) is 0 Å². The smallest absolute Gasteiger partial charge is 0.0947 e. The minimum atomic E-state index is 0.341. The second-order valence-corrected chi connectivity index (χ2v) is 6.11. The van der Waals surface area contributed by atoms with Crippen molar-refractivity contribution in [2.45, 2.75) is 26.3 Å². The number of aryl methyl sites for hydroxylation is 1. The topological polar surface area (TPSA) is 24.9 Å². The van der Waals surface area contributed by atoms with Crippen LogP contribution in [0, 0.1) is 6.92 Å². The van der Waals surface area contributed by atoms with Gasteiger partial charge in [0.2, 0.25) is 0 Å². The van der Waals surface area contributed by atoms with E-state index in [0.717, 1.165) is 23.1 Å². The Balaban J connectivity index is 2.14. The first-order valence-corrected chi connectivity index (χ1v) is 7.76. The predicted molar refractivity (Wildman–Crippen MR) is 81.1 cm³/mol. The van der Waals surface area contributed by atoms with Crippen LogP contribution < -0.4 is 5.32 Å². The first-order valence-electron chi connectivity index (χ1n) is 6.09. The molecule has 0 saturated heterocycles. The van der Waals surface area contributed by atoms with Crippen LogP contribution >= 0.6 is 27.3 Å². The highest BCUT2D eigenvalue weighted by Crippen LogP contribution is 2.22. The second-order valence-electron chi connectivity index (χ2n) is 4.25. The van der Waals surface area contributed by atoms with Gasteiger partial charge in [0.1, 0.15) is 0 Å². The summed E-state index contributed by atoms with van der Waals surface area (Å²) in [6.07, 6.45) is 0.952. The molecule has 0 aliphatic heterocycles. The summed E-state index contributed by atoms with van der Waals surface area (Å²) in [5.41, 5.74) is 2.42. The molecule has 0 bridgehead atoms. The molecule has 1 atom stereocenters. The molecular weight excluding hydrogens is 308 g/mol. The van der Waals surface area contributed by atoms with Gasteiger partial charge in [-0.2, -0.15) is 0 Å². The van der Waals surface area contributed by atoms with Crippen LogP contribution in [-0.4, -0.2) is 11.5 Å². The fourth-order valence-electron chi connectivity index (χ4n) is 1.92. The van der Waals surface area contributed by atoms with Crippen LogP contribution in [0.3, 0.4) is 0 Å². The number of aromatic nitrogens is 1. The van der Waals surface area contributed by atoms with Gasteiger partial charge in [0.15, 0.2) is 0 Å². The molecule has 0 aliphatic carbocycles. The van der Waals surface area contributed by atoms with Gasteiger partial charge < -0.3 is 5.32 Å². The fourth-order valence-corrected chi connectivity index (χ4v) is 3.00. The van der Waals surface area contributed by atoms with Gasteiger partial charge in [0.25, 0.3) is 0 Å². The SMILES string of the molecule is CCNC(Cc1nc(C)cs1)c1ccc(Br)cc1. The van der Waals surface area contributed by atoms with Crippen LogP contribution in [0.5, 0.6) is 0 Å². The molecule has 2 nitrogen and oxygen atoms in total. The van der Waals surface area contributed by atoms with Crippen LogP contribution in [-0.2, 0) is 6.42 Å². The van der Waals surface area contributed by atoms with Crippen molar-refractivity contribution in [3.8, 4) is 0 Å². The third-order valence-corrected chi connectivity index (χ3v) is 4.29. The molecule has 18 heavy (non-hydrogen) atoms. The monoisotopic (exact) mass is 324 g/mol. The number of nitrogens with zero attached hydrogens (tertiary/aromatic N) is 1. The molecule has 0 fully saturated rings. The summed E-state index contributed by atoms with van der Waals surface area (Å²) < 4.78 is 1.12. The number of benzene rings is 1. The van der Waals surface area contributed by atoms with E-state index in [0.29, 0.717) is 6.04 Å². The number of halogens is 1. The minimum absolute atomic E-state index is 0.341. The van der Waals surface area contributed by atoms with Gasteiger partial charge in [-0.15, -0.1) is 11.3 Å². The average molecular weight is 325 g/mol. The van der Waals surface area contributed by atoms with Gasteiger partial charge in [-0.3, -0.25) is 0 Å². The van der Waals surface area contributed by atoms with Gasteiger partial charge in [-0.1, -0.05) is 35.0 Å². The molecule has 2 rings (SSSR count). The molecule has 2 aromatic rings. The molecule has 96 valence electrons. The number of hydrogen-bond donors (Lipinski definition) is 1. The molecule has 1 unspecified atom stereocenters. The molecular formula is C14H17BrN2S. The molecule has 1 aromatic heterocycles. The zero-order valence-corrected chi connectivity index (χ0v) is 13.0. The van der Waals surface area contributed by atoms with Crippen LogP contribution in [0.25, 0.3) is 0 Å². The summed E-state index contributed by atoms with van der Waals surface area (Å²) in [5.74, 6) is 0. The standard InChI is InChI=1S/C14H17BrN2S/c1-3-16-13(8-14-17-10(2)9-18-14)11-4-6-12(15)7-5-11/h4-7,9,13,16H,3,8H2,1-2H3. The van der Waals surface area contributed by atoms with Crippen LogP contribution in [0.2, 0.25) is 0 Å². The highest BCUT2D eigenvalue weighted by molar-refractivity contribution is 9.10. The maximum Gasteiger partial charge on any atom is 0.0947 e. The van der Waals surface area contributed by atoms with Crippen molar-refractivity contribution in [3.63, 3.8) is 0 Å². The maximum absolute atomic E-state index is 4.55. The summed E-state index contributed by atoms with van der Waals surface area (Å²) in [6, 6.07) is 8.85. The lowest BCUT2D eigenvalue weighted by Crippen LogP contribution is -2.22. The average Bonchev–Trinajstić information content (AvgIpc) is 2.75. The van der Waals surface area contributed by atoms with Crippen LogP contribution in [0.15, 0.2) is 34.1 Å². The summed E-state index contributed by atoms with van der Waals surface area (Å²) in [6.45, 7) is 5.14. The number of hydrogen-bond acceptors (Lipinski definition) is 3. The van der Waals surface area contributed by atoms with Crippen molar-refractivity contribution < 1.29 is 0 Å². The Morgan fingerprint density at radius 1 is 1.33 bits per heavy atom. The largest absolute Gasteiger partial charge is 0.310 e. The van der Waals surface area contributed by atoms with E-state index >= 15 is 0 Å². The molecule has 0 radical (unpaired) electrons. The molecule has 0 amide bonds. The van der Waals surface area contributed by atoms with Gasteiger partial charge >= 0.3 is 0 Å². The van der Waals surface area contributed by atoms with Crippen molar-refractivity contribution in [3.05, 3.63) is 50.4 Å². The lowest BCUT2D eigenvalue weighted by molar-refractivity contribution is 0.548. The zero-order valence-electron chi connectivity index (χ0n) is 10.6. The van der Waals surface area contributed by atoms with Crippen molar-refractivity contribution in [1.29, 1.82) is 0 Å². The van der Waals surface area contributed by atoms with Crippen LogP contribution in [0.4, 0.5) is 0 Å². The molecule has 0 saturated carbocycles. The summed E-state index contributed by atoms with van der Waals surface area (Å²) in [7, 11) is 0. The van der Waals surface area contributed by atoms with E-state index in [1.54, 1.807) is 11.3 Å². The Morgan fingerprint density at radius 2 is 2.06 bits per heavy atom. The molecule has 1 aromatic carbocycles.